The number of carbonyl (C=O) groups is 2. The summed E-state index contributed by atoms with van der Waals surface area (Å²) < 4.78 is 0. The van der Waals surface area contributed by atoms with Gasteiger partial charge in [0.1, 0.15) is 6.04 Å². The van der Waals surface area contributed by atoms with E-state index in [-0.39, 0.29) is 18.4 Å². The maximum absolute atomic E-state index is 11.9. The van der Waals surface area contributed by atoms with Crippen LogP contribution in [0.1, 0.15) is 29.1 Å². The van der Waals surface area contributed by atoms with Crippen molar-refractivity contribution in [3.8, 4) is 11.8 Å². The second kappa shape index (κ2) is 7.56. The first-order chi connectivity index (χ1) is 9.08. The number of likely N-dealkylation sites (N-methyl/N-ethyl adjacent to an activating group) is 1. The van der Waals surface area contributed by atoms with Crippen molar-refractivity contribution in [1.29, 1.82) is 0 Å². The van der Waals surface area contributed by atoms with Crippen molar-refractivity contribution in [1.82, 2.24) is 10.6 Å². The van der Waals surface area contributed by atoms with Crippen LogP contribution in [0.3, 0.4) is 0 Å². The van der Waals surface area contributed by atoms with E-state index in [1.54, 1.807) is 18.4 Å². The largest absolute Gasteiger partial charge is 0.355 e. The Hall–Kier alpha value is -1.84. The number of hydrogen-bond acceptors (Lipinski definition) is 4. The van der Waals surface area contributed by atoms with Gasteiger partial charge in [0.25, 0.3) is 5.91 Å². The summed E-state index contributed by atoms with van der Waals surface area (Å²) in [6.45, 7) is 4.29. The number of hydrogen-bond donors (Lipinski definition) is 3. The van der Waals surface area contributed by atoms with E-state index in [4.69, 9.17) is 5.73 Å². The summed E-state index contributed by atoms with van der Waals surface area (Å²) in [6.07, 6.45) is 0. The van der Waals surface area contributed by atoms with Crippen LogP contribution in [0.25, 0.3) is 0 Å². The molecular formula is C13H17N3O2S. The van der Waals surface area contributed by atoms with Crippen molar-refractivity contribution in [2.75, 3.05) is 13.1 Å². The highest BCUT2D eigenvalue weighted by Gasteiger charge is 2.16. The molecule has 1 aromatic rings. The first-order valence-electron chi connectivity index (χ1n) is 5.94. The zero-order valence-electron chi connectivity index (χ0n) is 10.9. The standard InChI is InChI=1S/C13H17N3O2S/c1-3-15-12(17)9(2)16-13(18)10-7-11(19-8-10)5-4-6-14/h7-9H,3,6,14H2,1-2H3,(H,15,17)(H,16,18). The third-order valence-electron chi connectivity index (χ3n) is 2.27. The summed E-state index contributed by atoms with van der Waals surface area (Å²) in [5.41, 5.74) is 5.78. The fourth-order valence-electron chi connectivity index (χ4n) is 1.33. The Morgan fingerprint density at radius 2 is 2.26 bits per heavy atom. The number of nitrogens with two attached hydrogens (primary N) is 1. The monoisotopic (exact) mass is 279 g/mol. The first-order valence-corrected chi connectivity index (χ1v) is 6.82. The molecule has 1 atom stereocenters. The Balaban J connectivity index is 2.63. The van der Waals surface area contributed by atoms with E-state index in [0.29, 0.717) is 12.1 Å². The maximum Gasteiger partial charge on any atom is 0.252 e. The van der Waals surface area contributed by atoms with Crippen molar-refractivity contribution >= 4 is 23.2 Å². The van der Waals surface area contributed by atoms with Gasteiger partial charge in [-0.25, -0.2) is 0 Å². The zero-order valence-corrected chi connectivity index (χ0v) is 11.8. The van der Waals surface area contributed by atoms with E-state index in [2.05, 4.69) is 22.5 Å². The molecule has 0 spiro atoms. The van der Waals surface area contributed by atoms with E-state index >= 15 is 0 Å². The zero-order chi connectivity index (χ0) is 14.3. The summed E-state index contributed by atoms with van der Waals surface area (Å²) in [6, 6.07) is 1.12. The molecule has 0 aliphatic rings. The number of thiophene rings is 1. The van der Waals surface area contributed by atoms with Crippen LogP contribution in [-0.2, 0) is 4.79 Å². The molecule has 1 heterocycles. The van der Waals surface area contributed by atoms with Gasteiger partial charge in [0.15, 0.2) is 0 Å². The third-order valence-corrected chi connectivity index (χ3v) is 3.11. The van der Waals surface area contributed by atoms with Gasteiger partial charge in [0.2, 0.25) is 5.91 Å². The van der Waals surface area contributed by atoms with Crippen LogP contribution in [0.2, 0.25) is 0 Å². The predicted molar refractivity (Wildman–Crippen MR) is 75.9 cm³/mol. The molecule has 19 heavy (non-hydrogen) atoms. The lowest BCUT2D eigenvalue weighted by Crippen LogP contribution is -2.44. The molecule has 0 bridgehead atoms. The molecule has 4 N–H and O–H groups in total. The summed E-state index contributed by atoms with van der Waals surface area (Å²) in [5.74, 6) is 5.10. The van der Waals surface area contributed by atoms with Gasteiger partial charge >= 0.3 is 0 Å². The fourth-order valence-corrected chi connectivity index (χ4v) is 2.09. The summed E-state index contributed by atoms with van der Waals surface area (Å²) in [5, 5.41) is 6.99. The van der Waals surface area contributed by atoms with Gasteiger partial charge in [-0.1, -0.05) is 11.8 Å². The molecule has 1 unspecified atom stereocenters. The molecule has 0 saturated carbocycles. The normalized spacial score (nSPS) is 11.1. The highest BCUT2D eigenvalue weighted by atomic mass is 32.1. The summed E-state index contributed by atoms with van der Waals surface area (Å²) in [7, 11) is 0. The summed E-state index contributed by atoms with van der Waals surface area (Å²) >= 11 is 1.37. The lowest BCUT2D eigenvalue weighted by atomic mass is 10.2. The Bertz CT molecular complexity index is 513. The van der Waals surface area contributed by atoms with Gasteiger partial charge in [-0.15, -0.1) is 11.3 Å². The maximum atomic E-state index is 11.9. The smallest absolute Gasteiger partial charge is 0.252 e. The molecule has 0 aliphatic carbocycles. The molecule has 0 aliphatic heterocycles. The summed E-state index contributed by atoms with van der Waals surface area (Å²) in [4.78, 5) is 24.2. The average molecular weight is 279 g/mol. The van der Waals surface area contributed by atoms with Crippen molar-refractivity contribution in [2.24, 2.45) is 5.73 Å². The van der Waals surface area contributed by atoms with Crippen LogP contribution in [-0.4, -0.2) is 30.9 Å². The van der Waals surface area contributed by atoms with E-state index in [1.807, 2.05) is 6.92 Å². The molecule has 5 nitrogen and oxygen atoms in total. The van der Waals surface area contributed by atoms with Crippen LogP contribution < -0.4 is 16.4 Å². The fraction of sp³-hybridized carbons (Fsp3) is 0.385. The van der Waals surface area contributed by atoms with Crippen molar-refractivity contribution < 1.29 is 9.59 Å². The average Bonchev–Trinajstić information content (AvgIpc) is 2.85. The van der Waals surface area contributed by atoms with Crippen molar-refractivity contribution in [2.45, 2.75) is 19.9 Å². The molecular weight excluding hydrogens is 262 g/mol. The van der Waals surface area contributed by atoms with Crippen molar-refractivity contribution in [3.63, 3.8) is 0 Å². The molecule has 0 radical (unpaired) electrons. The van der Waals surface area contributed by atoms with Gasteiger partial charge in [-0.05, 0) is 19.9 Å². The van der Waals surface area contributed by atoms with Crippen LogP contribution in [0, 0.1) is 11.8 Å². The highest BCUT2D eigenvalue weighted by molar-refractivity contribution is 7.10. The van der Waals surface area contributed by atoms with Crippen molar-refractivity contribution in [3.05, 3.63) is 21.9 Å². The molecule has 102 valence electrons. The van der Waals surface area contributed by atoms with Crippen LogP contribution in [0.4, 0.5) is 0 Å². The van der Waals surface area contributed by atoms with E-state index in [0.717, 1.165) is 4.88 Å². The molecule has 2 amide bonds. The molecule has 0 aromatic carbocycles. The Labute approximate surface area is 116 Å². The SMILES string of the molecule is CCNC(=O)C(C)NC(=O)c1csc(C#CCN)c1. The minimum absolute atomic E-state index is 0.200. The predicted octanol–water partition coefficient (Wildman–Crippen LogP) is 0.313. The van der Waals surface area contributed by atoms with E-state index in [1.165, 1.54) is 11.3 Å². The van der Waals surface area contributed by atoms with Crippen LogP contribution in [0.5, 0.6) is 0 Å². The van der Waals surface area contributed by atoms with Gasteiger partial charge in [0.05, 0.1) is 17.0 Å². The highest BCUT2D eigenvalue weighted by Crippen LogP contribution is 2.13. The van der Waals surface area contributed by atoms with Gasteiger partial charge < -0.3 is 16.4 Å². The lowest BCUT2D eigenvalue weighted by molar-refractivity contribution is -0.122. The minimum Gasteiger partial charge on any atom is -0.355 e. The molecule has 6 heteroatoms. The number of amides is 2. The topological polar surface area (TPSA) is 84.2 Å². The van der Waals surface area contributed by atoms with Gasteiger partial charge in [-0.3, -0.25) is 9.59 Å². The second-order valence-electron chi connectivity index (χ2n) is 3.80. The molecule has 0 saturated heterocycles. The van der Waals surface area contributed by atoms with Gasteiger partial charge in [-0.2, -0.15) is 0 Å². The first kappa shape index (κ1) is 15.2. The Morgan fingerprint density at radius 3 is 2.89 bits per heavy atom. The Kier molecular flexibility index (Phi) is 6.06. The van der Waals surface area contributed by atoms with Gasteiger partial charge in [0, 0.05) is 11.9 Å². The second-order valence-corrected chi connectivity index (χ2v) is 4.71. The molecule has 1 rings (SSSR count). The number of carbonyl (C=O) groups excluding carboxylic acids is 2. The van der Waals surface area contributed by atoms with Crippen LogP contribution >= 0.6 is 11.3 Å². The van der Waals surface area contributed by atoms with E-state index < -0.39 is 6.04 Å². The lowest BCUT2D eigenvalue weighted by Gasteiger charge is -2.12. The number of rotatable bonds is 4. The van der Waals surface area contributed by atoms with Crippen LogP contribution in [0.15, 0.2) is 11.4 Å². The molecule has 0 fully saturated rings. The molecule has 1 aromatic heterocycles. The third kappa shape index (κ3) is 4.73. The quantitative estimate of drug-likeness (QED) is 0.694. The van der Waals surface area contributed by atoms with E-state index in [9.17, 15) is 9.59 Å². The minimum atomic E-state index is -0.564. The Morgan fingerprint density at radius 1 is 1.53 bits per heavy atom. The number of nitrogens with one attached hydrogen (secondary N) is 2.